The van der Waals surface area contributed by atoms with Gasteiger partial charge in [-0.1, -0.05) is 0 Å². The molecule has 0 spiro atoms. The molecule has 0 bridgehead atoms. The van der Waals surface area contributed by atoms with E-state index in [0.29, 0.717) is 0 Å². The summed E-state index contributed by atoms with van der Waals surface area (Å²) in [5, 5.41) is 0. The fraction of sp³-hybridized carbons (Fsp3) is 0.100. The zero-order chi connectivity index (χ0) is 9.26. The Hall–Kier alpha value is -1.77. The highest BCUT2D eigenvalue weighted by Crippen LogP contribution is 2.19. The highest BCUT2D eigenvalue weighted by molar-refractivity contribution is 5.55. The van der Waals surface area contributed by atoms with Gasteiger partial charge in [0.15, 0.2) is 0 Å². The van der Waals surface area contributed by atoms with Gasteiger partial charge in [0.2, 0.25) is 5.56 Å². The highest BCUT2D eigenvalue weighted by atomic mass is 16.3. The smallest absolute Gasteiger partial charge is 0.247 e. The lowest BCUT2D eigenvalue weighted by atomic mass is 10.2. The molecule has 0 amide bonds. The summed E-state index contributed by atoms with van der Waals surface area (Å²) in [6.07, 6.45) is 1.64. The predicted molar refractivity (Wildman–Crippen MR) is 49.5 cm³/mol. The largest absolute Gasteiger partial charge is 0.461 e. The van der Waals surface area contributed by atoms with Crippen LogP contribution in [0.1, 0.15) is 5.76 Å². The van der Waals surface area contributed by atoms with Crippen molar-refractivity contribution in [2.24, 2.45) is 0 Å². The maximum Gasteiger partial charge on any atom is 0.247 e. The standard InChI is InChI=1S/C10H9NO2/c1-7-2-4-9(13-7)8-3-5-10(12)11-6-8/h2-6H,1H3,(H,11,12). The Kier molecular flexibility index (Phi) is 1.77. The normalized spacial score (nSPS) is 10.2. The van der Waals surface area contributed by atoms with E-state index in [0.717, 1.165) is 17.1 Å². The van der Waals surface area contributed by atoms with Gasteiger partial charge >= 0.3 is 0 Å². The Labute approximate surface area is 75.0 Å². The number of hydrogen-bond acceptors (Lipinski definition) is 2. The van der Waals surface area contributed by atoms with Crippen molar-refractivity contribution >= 4 is 0 Å². The molecule has 0 aliphatic carbocycles. The summed E-state index contributed by atoms with van der Waals surface area (Å²) in [7, 11) is 0. The van der Waals surface area contributed by atoms with Gasteiger partial charge in [-0.05, 0) is 25.1 Å². The Bertz CT molecular complexity index is 447. The number of hydrogen-bond donors (Lipinski definition) is 1. The summed E-state index contributed by atoms with van der Waals surface area (Å²) >= 11 is 0. The van der Waals surface area contributed by atoms with E-state index in [1.807, 2.05) is 19.1 Å². The van der Waals surface area contributed by atoms with Crippen molar-refractivity contribution < 1.29 is 4.42 Å². The van der Waals surface area contributed by atoms with Gasteiger partial charge < -0.3 is 9.40 Å². The first-order chi connectivity index (χ1) is 6.25. The molecule has 2 heterocycles. The number of aryl methyl sites for hydroxylation is 1. The van der Waals surface area contributed by atoms with Gasteiger partial charge in [-0.3, -0.25) is 4.79 Å². The van der Waals surface area contributed by atoms with Crippen molar-refractivity contribution in [3.05, 3.63) is 46.6 Å². The number of pyridine rings is 1. The molecule has 0 atom stereocenters. The van der Waals surface area contributed by atoms with Crippen LogP contribution >= 0.6 is 0 Å². The molecule has 3 heteroatoms. The van der Waals surface area contributed by atoms with Crippen molar-refractivity contribution in [1.29, 1.82) is 0 Å². The van der Waals surface area contributed by atoms with E-state index in [9.17, 15) is 4.79 Å². The minimum Gasteiger partial charge on any atom is -0.461 e. The summed E-state index contributed by atoms with van der Waals surface area (Å²) < 4.78 is 5.39. The van der Waals surface area contributed by atoms with Crippen molar-refractivity contribution in [2.75, 3.05) is 0 Å². The Morgan fingerprint density at radius 3 is 2.62 bits per heavy atom. The molecule has 66 valence electrons. The van der Waals surface area contributed by atoms with Crippen molar-refractivity contribution in [3.8, 4) is 11.3 Å². The van der Waals surface area contributed by atoms with Crippen LogP contribution in [0.3, 0.4) is 0 Å². The second kappa shape index (κ2) is 2.94. The summed E-state index contributed by atoms with van der Waals surface area (Å²) in [6.45, 7) is 1.88. The monoisotopic (exact) mass is 175 g/mol. The maximum atomic E-state index is 10.8. The van der Waals surface area contributed by atoms with Gasteiger partial charge in [0.25, 0.3) is 0 Å². The molecule has 0 aliphatic heterocycles. The number of nitrogens with one attached hydrogen (secondary N) is 1. The van der Waals surface area contributed by atoms with Gasteiger partial charge in [0.1, 0.15) is 11.5 Å². The quantitative estimate of drug-likeness (QED) is 0.719. The molecule has 0 aromatic carbocycles. The van der Waals surface area contributed by atoms with Crippen LogP contribution in [0, 0.1) is 6.92 Å². The van der Waals surface area contributed by atoms with Crippen LogP contribution in [0.2, 0.25) is 0 Å². The average Bonchev–Trinajstić information content (AvgIpc) is 2.53. The van der Waals surface area contributed by atoms with E-state index in [2.05, 4.69) is 4.98 Å². The molecule has 3 nitrogen and oxygen atoms in total. The molecule has 2 aromatic heterocycles. The Morgan fingerprint density at radius 1 is 1.23 bits per heavy atom. The third-order valence-corrected chi connectivity index (χ3v) is 1.81. The Balaban J connectivity index is 2.47. The topological polar surface area (TPSA) is 46.0 Å². The third-order valence-electron chi connectivity index (χ3n) is 1.81. The second-order valence-corrected chi connectivity index (χ2v) is 2.85. The molecular formula is C10H9NO2. The summed E-state index contributed by atoms with van der Waals surface area (Å²) in [4.78, 5) is 13.4. The molecule has 0 radical (unpaired) electrons. The van der Waals surface area contributed by atoms with E-state index < -0.39 is 0 Å². The van der Waals surface area contributed by atoms with Crippen LogP contribution in [0.15, 0.2) is 39.7 Å². The molecule has 13 heavy (non-hydrogen) atoms. The minimum atomic E-state index is -0.105. The first-order valence-electron chi connectivity index (χ1n) is 4.01. The van der Waals surface area contributed by atoms with Crippen LogP contribution < -0.4 is 5.56 Å². The highest BCUT2D eigenvalue weighted by Gasteiger charge is 2.00. The lowest BCUT2D eigenvalue weighted by Crippen LogP contribution is -2.00. The first-order valence-corrected chi connectivity index (χ1v) is 4.01. The summed E-state index contributed by atoms with van der Waals surface area (Å²) in [5.41, 5.74) is 0.778. The first kappa shape index (κ1) is 7.86. The van der Waals surface area contributed by atoms with Gasteiger partial charge in [-0.2, -0.15) is 0 Å². The van der Waals surface area contributed by atoms with Crippen LogP contribution in [-0.4, -0.2) is 4.98 Å². The SMILES string of the molecule is Cc1ccc(-c2ccc(=O)[nH]c2)o1. The Morgan fingerprint density at radius 2 is 2.08 bits per heavy atom. The fourth-order valence-corrected chi connectivity index (χ4v) is 1.15. The third kappa shape index (κ3) is 1.54. The molecule has 0 saturated heterocycles. The number of H-pyrrole nitrogens is 1. The molecule has 0 fully saturated rings. The molecule has 0 aliphatic rings. The zero-order valence-corrected chi connectivity index (χ0v) is 7.20. The lowest BCUT2D eigenvalue weighted by Gasteiger charge is -1.93. The van der Waals surface area contributed by atoms with E-state index >= 15 is 0 Å². The maximum absolute atomic E-state index is 10.8. The van der Waals surface area contributed by atoms with Gasteiger partial charge in [0.05, 0.1) is 0 Å². The lowest BCUT2D eigenvalue weighted by molar-refractivity contribution is 0.548. The molecular weight excluding hydrogens is 166 g/mol. The molecule has 0 unspecified atom stereocenters. The van der Waals surface area contributed by atoms with E-state index in [-0.39, 0.29) is 5.56 Å². The van der Waals surface area contributed by atoms with Gasteiger partial charge in [-0.25, -0.2) is 0 Å². The van der Waals surface area contributed by atoms with Crippen molar-refractivity contribution in [3.63, 3.8) is 0 Å². The molecule has 0 saturated carbocycles. The molecule has 2 rings (SSSR count). The number of aromatic nitrogens is 1. The van der Waals surface area contributed by atoms with E-state index in [4.69, 9.17) is 4.42 Å². The average molecular weight is 175 g/mol. The van der Waals surface area contributed by atoms with Crippen LogP contribution in [0.25, 0.3) is 11.3 Å². The molecule has 2 aromatic rings. The predicted octanol–water partition coefficient (Wildman–Crippen LogP) is 1.94. The van der Waals surface area contributed by atoms with Gasteiger partial charge in [-0.15, -0.1) is 0 Å². The van der Waals surface area contributed by atoms with Crippen LogP contribution in [0.4, 0.5) is 0 Å². The fourth-order valence-electron chi connectivity index (χ4n) is 1.15. The number of aromatic amines is 1. The number of furan rings is 1. The molecule has 1 N–H and O–H groups in total. The number of rotatable bonds is 1. The van der Waals surface area contributed by atoms with E-state index in [1.54, 1.807) is 12.3 Å². The second-order valence-electron chi connectivity index (χ2n) is 2.85. The minimum absolute atomic E-state index is 0.105. The summed E-state index contributed by atoms with van der Waals surface area (Å²) in [5.74, 6) is 1.63. The van der Waals surface area contributed by atoms with Crippen LogP contribution in [-0.2, 0) is 0 Å². The zero-order valence-electron chi connectivity index (χ0n) is 7.20. The summed E-state index contributed by atoms with van der Waals surface area (Å²) in [6, 6.07) is 6.98. The van der Waals surface area contributed by atoms with Crippen LogP contribution in [0.5, 0.6) is 0 Å². The van der Waals surface area contributed by atoms with Crippen molar-refractivity contribution in [2.45, 2.75) is 6.92 Å². The van der Waals surface area contributed by atoms with Gasteiger partial charge in [0, 0.05) is 17.8 Å². The van der Waals surface area contributed by atoms with Crippen molar-refractivity contribution in [1.82, 2.24) is 4.98 Å². The van der Waals surface area contributed by atoms with E-state index in [1.165, 1.54) is 6.07 Å².